The first kappa shape index (κ1) is 51.4. The van der Waals surface area contributed by atoms with Gasteiger partial charge in [0.05, 0.1) is 63.5 Å². The monoisotopic (exact) mass is 1050 g/mol. The van der Waals surface area contributed by atoms with Crippen LogP contribution in [-0.4, -0.2) is 132 Å². The van der Waals surface area contributed by atoms with Crippen molar-refractivity contribution in [1.29, 1.82) is 0 Å². The van der Waals surface area contributed by atoms with Gasteiger partial charge in [-0.3, -0.25) is 9.97 Å². The first-order valence-electron chi connectivity index (χ1n) is 23.5. The number of aromatic nitrogens is 10. The molecule has 1 fully saturated rings. The second-order valence-electron chi connectivity index (χ2n) is 18.3. The van der Waals surface area contributed by atoms with Crippen molar-refractivity contribution in [3.8, 4) is 23.3 Å². The first-order valence-corrected chi connectivity index (χ1v) is 26.1. The van der Waals surface area contributed by atoms with Gasteiger partial charge in [0.25, 0.3) is 11.8 Å². The molecule has 0 amide bonds. The summed E-state index contributed by atoms with van der Waals surface area (Å²) in [6, 6.07) is 17.6. The molecule has 22 heteroatoms. The third-order valence-electron chi connectivity index (χ3n) is 13.4. The topological polar surface area (TPSA) is 228 Å². The number of ether oxygens (including phenoxy) is 4. The van der Waals surface area contributed by atoms with E-state index in [9.17, 15) is 18.6 Å². The van der Waals surface area contributed by atoms with Crippen molar-refractivity contribution in [2.45, 2.75) is 57.8 Å². The predicted octanol–water partition coefficient (Wildman–Crippen LogP) is 6.29. The summed E-state index contributed by atoms with van der Waals surface area (Å²) in [4.78, 5) is 20.9. The number of nitrogens with zero attached hydrogens (tertiary/aromatic N) is 11. The number of fused-ring (bicyclic) bond motifs is 2. The molecule has 1 saturated heterocycles. The predicted molar refractivity (Wildman–Crippen MR) is 274 cm³/mol. The van der Waals surface area contributed by atoms with Crippen LogP contribution in [0.15, 0.2) is 73.1 Å². The number of aryl methyl sites for hydroxylation is 6. The molecule has 7 heterocycles. The summed E-state index contributed by atoms with van der Waals surface area (Å²) in [5.41, 5.74) is 2.84. The largest absolute Gasteiger partial charge is 0.486 e. The smallest absolute Gasteiger partial charge is 0.259 e. The molecule has 0 spiro atoms. The maximum Gasteiger partial charge on any atom is 0.259 e. The lowest BCUT2D eigenvalue weighted by molar-refractivity contribution is 0.109. The zero-order valence-electron chi connectivity index (χ0n) is 41.6. The molecule has 6 aromatic heterocycles. The van der Waals surface area contributed by atoms with Crippen molar-refractivity contribution in [1.82, 2.24) is 54.8 Å². The molecule has 2 aromatic carbocycles. The molecule has 2 atom stereocenters. The van der Waals surface area contributed by atoms with E-state index < -0.39 is 32.5 Å². The van der Waals surface area contributed by atoms with Crippen LogP contribution < -0.4 is 18.9 Å². The molecule has 9 rings (SSSR count). The Morgan fingerprint density at radius 1 is 0.658 bits per heavy atom. The highest BCUT2D eigenvalue weighted by atomic mass is 35.5. The highest BCUT2D eigenvalue weighted by Crippen LogP contribution is 2.46. The zero-order chi connectivity index (χ0) is 52.0. The number of piperidine rings is 1. The summed E-state index contributed by atoms with van der Waals surface area (Å²) in [6.45, 7) is 8.39. The van der Waals surface area contributed by atoms with Crippen molar-refractivity contribution in [2.75, 3.05) is 52.0 Å². The average Bonchev–Trinajstić information content (AvgIpc) is 4.01. The Labute approximate surface area is 432 Å². The van der Waals surface area contributed by atoms with Gasteiger partial charge in [-0.25, -0.2) is 27.7 Å². The normalized spacial score (nSPS) is 15.3. The molecule has 0 saturated carbocycles. The fourth-order valence-corrected chi connectivity index (χ4v) is 10.9. The molecule has 1 aliphatic rings. The van der Waals surface area contributed by atoms with E-state index in [0.717, 1.165) is 24.5 Å². The van der Waals surface area contributed by atoms with Gasteiger partial charge in [-0.1, -0.05) is 57.9 Å². The van der Waals surface area contributed by atoms with Crippen LogP contribution in [0.25, 0.3) is 21.8 Å². The van der Waals surface area contributed by atoms with E-state index in [1.54, 1.807) is 50.5 Å². The Hall–Kier alpha value is -6.55. The number of aliphatic hydroxyl groups is 2. The van der Waals surface area contributed by atoms with Gasteiger partial charge in [-0.05, 0) is 95.1 Å². The molecule has 2 N–H and O–H groups in total. The maximum absolute atomic E-state index is 13.7. The van der Waals surface area contributed by atoms with Gasteiger partial charge >= 0.3 is 0 Å². The summed E-state index contributed by atoms with van der Waals surface area (Å²) in [5.74, 6) is -0.572. The third kappa shape index (κ3) is 9.86. The lowest BCUT2D eigenvalue weighted by Gasteiger charge is -2.31. The van der Waals surface area contributed by atoms with Gasteiger partial charge in [0.1, 0.15) is 19.3 Å². The minimum absolute atomic E-state index is 0.0224. The second-order valence-corrected chi connectivity index (χ2v) is 21.4. The molecular weight excluding hydrogens is 998 g/mol. The molecule has 8 aromatic rings. The van der Waals surface area contributed by atoms with Gasteiger partial charge in [0.2, 0.25) is 11.5 Å². The molecule has 1 aliphatic heterocycles. The van der Waals surface area contributed by atoms with E-state index in [4.69, 9.17) is 47.1 Å². The van der Waals surface area contributed by atoms with Crippen LogP contribution in [0.3, 0.4) is 0 Å². The van der Waals surface area contributed by atoms with Crippen molar-refractivity contribution in [3.63, 3.8) is 0 Å². The van der Waals surface area contributed by atoms with E-state index >= 15 is 0 Å². The van der Waals surface area contributed by atoms with E-state index in [-0.39, 0.29) is 52.6 Å². The third-order valence-corrected chi connectivity index (χ3v) is 15.7. The molecule has 0 aliphatic carbocycles. The summed E-state index contributed by atoms with van der Waals surface area (Å²) in [5, 5.41) is 42.9. The van der Waals surface area contributed by atoms with Crippen LogP contribution in [0.4, 0.5) is 0 Å². The van der Waals surface area contributed by atoms with Crippen LogP contribution in [0.2, 0.25) is 10.0 Å². The lowest BCUT2D eigenvalue weighted by Crippen LogP contribution is -2.35. The average molecular weight is 1050 g/mol. The number of hydrogen-bond donors (Lipinski definition) is 2. The number of likely N-dealkylation sites (tertiary alicyclic amines) is 1. The highest BCUT2D eigenvalue weighted by Gasteiger charge is 2.41. The van der Waals surface area contributed by atoms with Crippen molar-refractivity contribution >= 4 is 54.8 Å². The molecule has 19 nitrogen and oxygen atoms in total. The van der Waals surface area contributed by atoms with Crippen molar-refractivity contribution in [3.05, 3.63) is 140 Å². The minimum Gasteiger partial charge on any atom is -0.486 e. The van der Waals surface area contributed by atoms with Crippen molar-refractivity contribution < 1.29 is 37.6 Å². The van der Waals surface area contributed by atoms with E-state index in [1.807, 2.05) is 59.0 Å². The van der Waals surface area contributed by atoms with E-state index in [2.05, 4.69) is 40.5 Å². The van der Waals surface area contributed by atoms with Crippen LogP contribution >= 0.6 is 23.2 Å². The zero-order valence-corrected chi connectivity index (χ0v) is 43.9. The summed E-state index contributed by atoms with van der Waals surface area (Å²) in [6.07, 6.45) is 4.19. The fraction of sp³-hybridized carbons (Fsp3) is 0.373. The second kappa shape index (κ2) is 20.4. The number of benzene rings is 2. The number of methoxy groups -OCH3 is 1. The standard InChI is InChI=1S/C51H55Cl2N11O8S/c1-29-9-13-38(31(3)56-29)50(65,42-27-54-60-63(42)6)33-11-15-40-36(25-33)44(52)46(48(58-40)69-8)70-21-23-73(67,68)24-22-71-49-47(72-35-17-19-62(5)20-18-35)45(53)37-26-34(12-16-41(37)59-49)51(66,43-28-55-61-64(43)7)39-14-10-30(2)57-32(39)4/h9-16,25-28,35,65-66H,17-24H2,1-8H3. The Morgan fingerprint density at radius 3 is 1.60 bits per heavy atom. The van der Waals surface area contributed by atoms with Crippen LogP contribution in [0.5, 0.6) is 23.3 Å². The molecule has 73 heavy (non-hydrogen) atoms. The van der Waals surface area contributed by atoms with Crippen molar-refractivity contribution in [2.24, 2.45) is 14.1 Å². The minimum atomic E-state index is -3.83. The SMILES string of the molecule is COc1nc2ccc(C(O)(c3ccc(C)nc3C)c3cnnn3C)cc2c(Cl)c1OCCS(=O)(=O)CCOc1nc2ccc(C(O)(c3ccc(C)nc3C)c3cnnn3C)cc2c(Cl)c1OC1CCN(C)CC1. The van der Waals surface area contributed by atoms with Gasteiger partial charge < -0.3 is 34.1 Å². The van der Waals surface area contributed by atoms with Gasteiger partial charge in [0, 0.05) is 71.9 Å². The number of rotatable bonds is 17. The Bertz CT molecular complexity index is 3500. The Kier molecular flexibility index (Phi) is 14.3. The number of pyridine rings is 4. The Morgan fingerprint density at radius 2 is 1.14 bits per heavy atom. The molecular formula is C51H55Cl2N11O8S. The first-order chi connectivity index (χ1) is 34.8. The number of sulfone groups is 1. The quantitative estimate of drug-likeness (QED) is 0.102. The van der Waals surface area contributed by atoms with Crippen LogP contribution in [-0.2, 0) is 35.1 Å². The van der Waals surface area contributed by atoms with E-state index in [0.29, 0.717) is 79.7 Å². The summed E-state index contributed by atoms with van der Waals surface area (Å²) in [7, 11) is 3.00. The molecule has 2 unspecified atom stereocenters. The molecule has 0 bridgehead atoms. The highest BCUT2D eigenvalue weighted by molar-refractivity contribution is 7.91. The van der Waals surface area contributed by atoms with Crippen LogP contribution in [0.1, 0.15) is 69.3 Å². The maximum atomic E-state index is 13.7. The van der Waals surface area contributed by atoms with E-state index in [1.165, 1.54) is 28.9 Å². The number of hydrogen-bond acceptors (Lipinski definition) is 17. The number of halogens is 2. The molecule has 0 radical (unpaired) electrons. The Balaban J connectivity index is 0.965. The molecule has 382 valence electrons. The van der Waals surface area contributed by atoms with Gasteiger partial charge in [-0.2, -0.15) is 0 Å². The summed E-state index contributed by atoms with van der Waals surface area (Å²) >= 11 is 14.3. The van der Waals surface area contributed by atoms with Gasteiger partial charge in [-0.15, -0.1) is 10.2 Å². The fourth-order valence-electron chi connectivity index (χ4n) is 9.45. The van der Waals surface area contributed by atoms with Gasteiger partial charge in [0.15, 0.2) is 21.0 Å². The lowest BCUT2D eigenvalue weighted by atomic mass is 9.82. The summed E-state index contributed by atoms with van der Waals surface area (Å²) < 4.78 is 54.7. The van der Waals surface area contributed by atoms with Crippen LogP contribution in [0, 0.1) is 27.7 Å².